The fraction of sp³-hybridized carbons (Fsp3) is 0.417. The molecule has 0 spiro atoms. The van der Waals surface area contributed by atoms with Crippen molar-refractivity contribution in [1.29, 1.82) is 10.8 Å². The second-order valence-corrected chi connectivity index (χ2v) is 51.4. The fourth-order valence-corrected chi connectivity index (χ4v) is 1.38. The Morgan fingerprint density at radius 3 is 0.800 bits per heavy atom. The molecule has 2 N–H and O–H groups in total. The standard InChI is InChI=1S/2C8H9N.4C2H6.2B.5HI.2V/c2*1-7(9)8-5-3-2-4-6-8;4*1-2;;;;;;;;;/h2*2-6,9H,1H3;4*1-2H3;;;5*1H;;/q;;;;;;;;;;;;;+2;+3/p-5. The van der Waals surface area contributed by atoms with E-state index < -0.39 is 0 Å². The first kappa shape index (κ1) is 57.6. The summed E-state index contributed by atoms with van der Waals surface area (Å²) < 4.78 is 0. The Morgan fingerprint density at radius 2 is 0.714 bits per heavy atom. The Labute approximate surface area is 289 Å². The number of benzene rings is 2. The van der Waals surface area contributed by atoms with E-state index in [1.165, 1.54) is 0 Å². The first-order chi connectivity index (χ1) is 15.8. The van der Waals surface area contributed by atoms with E-state index in [-0.39, 0.29) is 21.7 Å². The molecule has 199 valence electrons. The summed E-state index contributed by atoms with van der Waals surface area (Å²) in [6.07, 6.45) is 0. The summed E-state index contributed by atoms with van der Waals surface area (Å²) in [6.45, 7) is 19.6. The molecule has 0 aliphatic heterocycles. The van der Waals surface area contributed by atoms with Gasteiger partial charge < -0.3 is 10.8 Å². The quantitative estimate of drug-likeness (QED) is 0.171. The van der Waals surface area contributed by atoms with Gasteiger partial charge in [-0.05, 0) is 25.0 Å². The van der Waals surface area contributed by atoms with E-state index >= 15 is 0 Å². The molecular formula is C24H42B2I5N2V2. The summed E-state index contributed by atoms with van der Waals surface area (Å²) in [5.74, 6) is 0. The first-order valence-electron chi connectivity index (χ1n) is 10.7. The number of halogens is 5. The van der Waals surface area contributed by atoms with Crippen molar-refractivity contribution in [3.63, 3.8) is 0 Å². The van der Waals surface area contributed by atoms with Crippen molar-refractivity contribution in [2.45, 2.75) is 69.2 Å². The molecule has 0 aliphatic rings. The third-order valence-electron chi connectivity index (χ3n) is 2.41. The molecule has 0 unspecified atom stereocenters. The van der Waals surface area contributed by atoms with Gasteiger partial charge >= 0.3 is 114 Å². The number of hydrogen-bond donors (Lipinski definition) is 2. The number of hydrogen-bond acceptors (Lipinski definition) is 2. The van der Waals surface area contributed by atoms with E-state index in [9.17, 15) is 0 Å². The summed E-state index contributed by atoms with van der Waals surface area (Å²) in [6, 6.07) is 19.4. The first-order valence-corrected chi connectivity index (χ1v) is 33.2. The van der Waals surface area contributed by atoms with Gasteiger partial charge in [0.2, 0.25) is 0 Å². The molecule has 2 rings (SSSR count). The van der Waals surface area contributed by atoms with E-state index in [0.29, 0.717) is 20.9 Å². The van der Waals surface area contributed by atoms with Gasteiger partial charge in [-0.2, -0.15) is 0 Å². The van der Waals surface area contributed by atoms with Crippen LogP contribution in [0.1, 0.15) is 80.4 Å². The molecule has 0 aromatic heterocycles. The van der Waals surface area contributed by atoms with Crippen LogP contribution in [0.5, 0.6) is 0 Å². The molecule has 0 heterocycles. The second kappa shape index (κ2) is 56.8. The summed E-state index contributed by atoms with van der Waals surface area (Å²) in [4.78, 5) is -0.278. The van der Waals surface area contributed by atoms with Crippen molar-refractivity contribution in [3.05, 3.63) is 71.8 Å². The topological polar surface area (TPSA) is 47.7 Å². The van der Waals surface area contributed by atoms with Gasteiger partial charge in [-0.1, -0.05) is 116 Å². The SMILES string of the molecule is CC.CC.CC.CC.CC(=N)c1ccccc1.CC(=N)c1ccccc1.[B].[B].[I][V]([I])[I].[I][V][I]. The number of nitrogens with one attached hydrogen (secondary N) is 2. The van der Waals surface area contributed by atoms with Crippen molar-refractivity contribution in [3.8, 4) is 0 Å². The zero-order valence-corrected chi connectivity index (χ0v) is 36.3. The molecule has 35 heavy (non-hydrogen) atoms. The Morgan fingerprint density at radius 1 is 0.571 bits per heavy atom. The van der Waals surface area contributed by atoms with Crippen LogP contribution in [0.2, 0.25) is 0 Å². The van der Waals surface area contributed by atoms with Crippen molar-refractivity contribution in [2.75, 3.05) is 0 Å². The van der Waals surface area contributed by atoms with Crippen LogP contribution in [-0.4, -0.2) is 28.2 Å². The molecule has 0 saturated heterocycles. The van der Waals surface area contributed by atoms with Crippen LogP contribution < -0.4 is 0 Å². The van der Waals surface area contributed by atoms with Crippen molar-refractivity contribution < 1.29 is 14.4 Å². The molecule has 0 bridgehead atoms. The van der Waals surface area contributed by atoms with Crippen molar-refractivity contribution in [1.82, 2.24) is 0 Å². The third kappa shape index (κ3) is 62.0. The molecule has 0 amide bonds. The van der Waals surface area contributed by atoms with Crippen molar-refractivity contribution >= 4 is 128 Å². The predicted molar refractivity (Wildman–Crippen MR) is 205 cm³/mol. The van der Waals surface area contributed by atoms with Gasteiger partial charge in [-0.3, -0.25) is 0 Å². The zero-order chi connectivity index (χ0) is 27.7. The summed E-state index contributed by atoms with van der Waals surface area (Å²) in [5, 5.41) is 14.5. The number of rotatable bonds is 2. The Bertz CT molecular complexity index is 547. The minimum absolute atomic E-state index is 0. The van der Waals surface area contributed by atoms with Crippen molar-refractivity contribution in [2.24, 2.45) is 0 Å². The Hall–Kier alpha value is 2.73. The van der Waals surface area contributed by atoms with E-state index in [2.05, 4.69) is 99.9 Å². The van der Waals surface area contributed by atoms with Gasteiger partial charge in [0.25, 0.3) is 0 Å². The van der Waals surface area contributed by atoms with Gasteiger partial charge in [0.15, 0.2) is 0 Å². The zero-order valence-electron chi connectivity index (χ0n) is 22.7. The van der Waals surface area contributed by atoms with E-state index in [1.807, 2.05) is 116 Å². The Balaban J connectivity index is -0.0000000438. The molecule has 2 aromatic carbocycles. The van der Waals surface area contributed by atoms with Crippen LogP contribution in [0, 0.1) is 10.8 Å². The van der Waals surface area contributed by atoms with Crippen LogP contribution >= 0.6 is 99.9 Å². The van der Waals surface area contributed by atoms with E-state index in [1.54, 1.807) is 13.8 Å². The van der Waals surface area contributed by atoms with Gasteiger partial charge in [0, 0.05) is 28.2 Å². The molecule has 2 aromatic rings. The summed E-state index contributed by atoms with van der Waals surface area (Å²) in [7, 11) is 0.628. The summed E-state index contributed by atoms with van der Waals surface area (Å²) in [5.41, 5.74) is 3.24. The normalized spacial score (nSPS) is 6.74. The van der Waals surface area contributed by atoms with Gasteiger partial charge in [-0.25, -0.2) is 0 Å². The average molecular weight is 1120 g/mol. The molecule has 2 nitrogen and oxygen atoms in total. The molecule has 0 fully saturated rings. The van der Waals surface area contributed by atoms with Gasteiger partial charge in [-0.15, -0.1) is 0 Å². The van der Waals surface area contributed by atoms with Crippen LogP contribution in [0.25, 0.3) is 0 Å². The second-order valence-electron chi connectivity index (χ2n) is 4.24. The fourth-order valence-electron chi connectivity index (χ4n) is 1.38. The monoisotopic (exact) mass is 1120 g/mol. The molecule has 11 heteroatoms. The maximum absolute atomic E-state index is 7.24. The van der Waals surface area contributed by atoms with Crippen LogP contribution in [0.4, 0.5) is 0 Å². The molecule has 0 atom stereocenters. The molecular weight excluding hydrogens is 1070 g/mol. The molecule has 0 saturated carbocycles. The van der Waals surface area contributed by atoms with Gasteiger partial charge in [0.05, 0.1) is 0 Å². The van der Waals surface area contributed by atoms with Crippen LogP contribution in [0.3, 0.4) is 0 Å². The predicted octanol–water partition coefficient (Wildman–Crippen LogP) is 11.9. The average Bonchev–Trinajstić information content (AvgIpc) is 2.86. The van der Waals surface area contributed by atoms with Crippen LogP contribution in [0.15, 0.2) is 60.7 Å². The van der Waals surface area contributed by atoms with E-state index in [0.717, 1.165) is 11.1 Å². The van der Waals surface area contributed by atoms with Crippen LogP contribution in [-0.2, 0) is 14.4 Å². The summed E-state index contributed by atoms with van der Waals surface area (Å²) >= 11 is 12.1. The Kier molecular flexibility index (Phi) is 93.5. The molecule has 6 radical (unpaired) electrons. The minimum atomic E-state index is -0.278. The van der Waals surface area contributed by atoms with E-state index in [4.69, 9.17) is 10.8 Å². The molecule has 0 aliphatic carbocycles. The maximum atomic E-state index is 7.24. The third-order valence-corrected chi connectivity index (χ3v) is 2.41. The van der Waals surface area contributed by atoms with Gasteiger partial charge in [0.1, 0.15) is 0 Å².